The second-order valence-electron chi connectivity index (χ2n) is 7.41. The lowest BCUT2D eigenvalue weighted by Crippen LogP contribution is -2.52. The Hall–Kier alpha value is -2.42. The van der Waals surface area contributed by atoms with Gasteiger partial charge in [0.1, 0.15) is 6.04 Å². The maximum Gasteiger partial charge on any atom is 0.289 e. The number of aromatic nitrogens is 3. The molecule has 2 aromatic rings. The van der Waals surface area contributed by atoms with E-state index in [9.17, 15) is 14.4 Å². The first-order valence-corrected chi connectivity index (χ1v) is 10.1. The van der Waals surface area contributed by atoms with Gasteiger partial charge in [-0.3, -0.25) is 19.3 Å². The van der Waals surface area contributed by atoms with Crippen LogP contribution in [0.4, 0.5) is 4.79 Å². The van der Waals surface area contributed by atoms with Gasteiger partial charge in [0.2, 0.25) is 11.8 Å². The molecule has 0 unspecified atom stereocenters. The number of imide groups is 1. The van der Waals surface area contributed by atoms with Crippen LogP contribution < -0.4 is 0 Å². The molecule has 0 aromatic carbocycles. The quantitative estimate of drug-likeness (QED) is 0.782. The molecule has 0 spiro atoms. The van der Waals surface area contributed by atoms with Crippen molar-refractivity contribution in [1.29, 1.82) is 0 Å². The summed E-state index contributed by atoms with van der Waals surface area (Å²) >= 11 is 0.960. The first-order valence-electron chi connectivity index (χ1n) is 9.11. The third-order valence-corrected chi connectivity index (χ3v) is 6.65. The van der Waals surface area contributed by atoms with Gasteiger partial charge in [0, 0.05) is 30.3 Å². The molecule has 3 aliphatic heterocycles. The minimum atomic E-state index is -0.770. The second-order valence-corrected chi connectivity index (χ2v) is 8.33. The maximum absolute atomic E-state index is 13.2. The average molecular weight is 385 g/mol. The molecule has 8 nitrogen and oxygen atoms in total. The Morgan fingerprint density at radius 3 is 2.89 bits per heavy atom. The van der Waals surface area contributed by atoms with E-state index in [0.717, 1.165) is 52.1 Å². The number of nitrogens with zero attached hydrogens (tertiary/aromatic N) is 5. The van der Waals surface area contributed by atoms with Crippen molar-refractivity contribution in [2.24, 2.45) is 0 Å². The van der Waals surface area contributed by atoms with E-state index in [1.54, 1.807) is 6.92 Å². The first kappa shape index (κ1) is 16.7. The lowest BCUT2D eigenvalue weighted by molar-refractivity contribution is -0.143. The molecule has 2 bridgehead atoms. The highest BCUT2D eigenvalue weighted by atomic mass is 32.2. The molecule has 2 aromatic heterocycles. The van der Waals surface area contributed by atoms with Crippen LogP contribution in [-0.2, 0) is 16.0 Å². The number of rotatable bonds is 2. The summed E-state index contributed by atoms with van der Waals surface area (Å²) in [5.41, 5.74) is 3.87. The molecule has 140 valence electrons. The number of carbonyl (C=O) groups excluding carboxylic acids is 3. The van der Waals surface area contributed by atoms with Gasteiger partial charge in [-0.05, 0) is 26.7 Å². The van der Waals surface area contributed by atoms with Gasteiger partial charge in [-0.25, -0.2) is 9.50 Å². The third kappa shape index (κ3) is 2.33. The van der Waals surface area contributed by atoms with Crippen molar-refractivity contribution < 1.29 is 14.4 Å². The molecule has 3 aliphatic rings. The molecular weight excluding hydrogens is 366 g/mol. The Morgan fingerprint density at radius 1 is 1.33 bits per heavy atom. The third-order valence-electron chi connectivity index (χ3n) is 5.81. The summed E-state index contributed by atoms with van der Waals surface area (Å²) < 4.78 is 1.89. The standard InChI is InChI=1S/C18H19N5O3S/c1-9-5-15-19-7-12-13-4-3-11(6-14(12)23(15)20-9)22(13)17(25)10(2)21-16(24)8-27-18(21)26/h5,7,10-11,13H,3-4,6,8H2,1-2H3/t10-,11+,13+/m0/s1. The zero-order valence-corrected chi connectivity index (χ0v) is 15.9. The van der Waals surface area contributed by atoms with Gasteiger partial charge in [-0.1, -0.05) is 11.8 Å². The zero-order chi connectivity index (χ0) is 18.9. The normalized spacial score (nSPS) is 25.4. The van der Waals surface area contributed by atoms with Crippen molar-refractivity contribution in [3.63, 3.8) is 0 Å². The van der Waals surface area contributed by atoms with E-state index >= 15 is 0 Å². The fourth-order valence-electron chi connectivity index (χ4n) is 4.60. The molecule has 2 saturated heterocycles. The number of carbonyl (C=O) groups is 3. The van der Waals surface area contributed by atoms with Crippen LogP contribution >= 0.6 is 11.8 Å². The van der Waals surface area contributed by atoms with E-state index in [1.165, 1.54) is 0 Å². The number of hydrogen-bond donors (Lipinski definition) is 0. The van der Waals surface area contributed by atoms with Crippen LogP contribution in [0, 0.1) is 6.92 Å². The minimum absolute atomic E-state index is 0.0630. The Labute approximate surface area is 159 Å². The number of fused-ring (bicyclic) bond motifs is 6. The first-order chi connectivity index (χ1) is 13.0. The van der Waals surface area contributed by atoms with Crippen LogP contribution in [0.2, 0.25) is 0 Å². The molecule has 0 N–H and O–H groups in total. The van der Waals surface area contributed by atoms with Crippen LogP contribution in [0.5, 0.6) is 0 Å². The predicted octanol–water partition coefficient (Wildman–Crippen LogP) is 1.71. The second kappa shape index (κ2) is 5.79. The number of hydrogen-bond acceptors (Lipinski definition) is 6. The summed E-state index contributed by atoms with van der Waals surface area (Å²) in [5.74, 6) is -0.327. The molecule has 5 heterocycles. The molecule has 3 amide bonds. The fraction of sp³-hybridized carbons (Fsp3) is 0.500. The summed E-state index contributed by atoms with van der Waals surface area (Å²) in [7, 11) is 0. The molecule has 3 atom stereocenters. The lowest BCUT2D eigenvalue weighted by Gasteiger charge is -2.38. The molecule has 9 heteroatoms. The Balaban J connectivity index is 1.51. The van der Waals surface area contributed by atoms with E-state index < -0.39 is 6.04 Å². The largest absolute Gasteiger partial charge is 0.330 e. The van der Waals surface area contributed by atoms with Gasteiger partial charge in [-0.2, -0.15) is 5.10 Å². The number of thioether (sulfide) groups is 1. The summed E-state index contributed by atoms with van der Waals surface area (Å²) in [5, 5.41) is 4.23. The van der Waals surface area contributed by atoms with Crippen molar-refractivity contribution in [2.75, 3.05) is 5.75 Å². The minimum Gasteiger partial charge on any atom is -0.330 e. The van der Waals surface area contributed by atoms with E-state index in [0.29, 0.717) is 6.42 Å². The summed E-state index contributed by atoms with van der Waals surface area (Å²) in [4.78, 5) is 44.8. The number of aryl methyl sites for hydroxylation is 1. The van der Waals surface area contributed by atoms with Gasteiger partial charge in [0.15, 0.2) is 5.65 Å². The van der Waals surface area contributed by atoms with Crippen LogP contribution in [0.3, 0.4) is 0 Å². The maximum atomic E-state index is 13.2. The Kier molecular flexibility index (Phi) is 3.59. The van der Waals surface area contributed by atoms with Crippen molar-refractivity contribution in [3.05, 3.63) is 29.2 Å². The SMILES string of the molecule is Cc1cc2ncc3c(n2n1)C[C@H]1CC[C@H]3N1C(=O)[C@H](C)N1C(=O)CSC1=O. The van der Waals surface area contributed by atoms with Crippen LogP contribution in [0.25, 0.3) is 5.65 Å². The van der Waals surface area contributed by atoms with Crippen molar-refractivity contribution in [1.82, 2.24) is 24.4 Å². The smallest absolute Gasteiger partial charge is 0.289 e. The van der Waals surface area contributed by atoms with Gasteiger partial charge < -0.3 is 4.90 Å². The number of amides is 3. The van der Waals surface area contributed by atoms with Crippen LogP contribution in [0.15, 0.2) is 12.3 Å². The Bertz CT molecular complexity index is 986. The van der Waals surface area contributed by atoms with Gasteiger partial charge in [0.05, 0.1) is 23.2 Å². The van der Waals surface area contributed by atoms with E-state index in [4.69, 9.17) is 0 Å². The Morgan fingerprint density at radius 2 is 2.15 bits per heavy atom. The van der Waals surface area contributed by atoms with Crippen LogP contribution in [-0.4, -0.2) is 59.3 Å². The lowest BCUT2D eigenvalue weighted by atomic mass is 9.98. The van der Waals surface area contributed by atoms with Crippen molar-refractivity contribution in [2.45, 2.75) is 51.2 Å². The molecular formula is C18H19N5O3S. The van der Waals surface area contributed by atoms with Gasteiger partial charge in [-0.15, -0.1) is 0 Å². The topological polar surface area (TPSA) is 87.9 Å². The van der Waals surface area contributed by atoms with Crippen molar-refractivity contribution >= 4 is 34.5 Å². The van der Waals surface area contributed by atoms with E-state index in [1.807, 2.05) is 28.6 Å². The highest BCUT2D eigenvalue weighted by Crippen LogP contribution is 2.44. The average Bonchev–Trinajstić information content (AvgIpc) is 3.28. The summed E-state index contributed by atoms with van der Waals surface area (Å²) in [6.45, 7) is 3.59. The molecule has 0 aliphatic carbocycles. The molecule has 5 rings (SSSR count). The molecule has 27 heavy (non-hydrogen) atoms. The predicted molar refractivity (Wildman–Crippen MR) is 98.2 cm³/mol. The fourth-order valence-corrected chi connectivity index (χ4v) is 5.39. The molecule has 2 fully saturated rings. The van der Waals surface area contributed by atoms with Gasteiger partial charge in [0.25, 0.3) is 5.24 Å². The van der Waals surface area contributed by atoms with E-state index in [-0.39, 0.29) is 34.9 Å². The monoisotopic (exact) mass is 385 g/mol. The van der Waals surface area contributed by atoms with Crippen molar-refractivity contribution in [3.8, 4) is 0 Å². The highest BCUT2D eigenvalue weighted by molar-refractivity contribution is 8.14. The van der Waals surface area contributed by atoms with E-state index in [2.05, 4.69) is 10.1 Å². The van der Waals surface area contributed by atoms with Crippen LogP contribution in [0.1, 0.15) is 42.8 Å². The summed E-state index contributed by atoms with van der Waals surface area (Å²) in [6, 6.07) is 1.17. The summed E-state index contributed by atoms with van der Waals surface area (Å²) in [6.07, 6.45) is 4.32. The molecule has 0 saturated carbocycles. The highest BCUT2D eigenvalue weighted by Gasteiger charge is 2.47. The zero-order valence-electron chi connectivity index (χ0n) is 15.1. The van der Waals surface area contributed by atoms with Gasteiger partial charge >= 0.3 is 0 Å². The molecule has 0 radical (unpaired) electrons.